The lowest BCUT2D eigenvalue weighted by Gasteiger charge is -2.04. The second-order valence-electron chi connectivity index (χ2n) is 4.78. The molecule has 0 aliphatic carbocycles. The Morgan fingerprint density at radius 1 is 1.30 bits per heavy atom. The fourth-order valence-corrected chi connectivity index (χ4v) is 2.48. The number of carbonyl (C=O) groups is 1. The molecule has 0 aliphatic rings. The largest absolute Gasteiger partial charge is 0.366 e. The van der Waals surface area contributed by atoms with Crippen molar-refractivity contribution < 1.29 is 4.79 Å². The van der Waals surface area contributed by atoms with Crippen LogP contribution in [0.2, 0.25) is 0 Å². The van der Waals surface area contributed by atoms with E-state index >= 15 is 0 Å². The summed E-state index contributed by atoms with van der Waals surface area (Å²) in [5.74, 6) is -0.586. The summed E-state index contributed by atoms with van der Waals surface area (Å²) >= 11 is 4.24. The van der Waals surface area contributed by atoms with Crippen molar-refractivity contribution in [3.05, 3.63) is 54.4 Å². The first kappa shape index (κ1) is 14.8. The standard InChI is InChI=1S/C16H11N5OS/c17-7-10-1-3-13(19-8-10)11-2-4-14-12(5-11)9-20-21(14)16(23)6-15(18)22/h1-6,8-9,23H,(H2,18,22)/b16-6-. The molecule has 0 saturated carbocycles. The van der Waals surface area contributed by atoms with Gasteiger partial charge in [0.15, 0.2) is 0 Å². The van der Waals surface area contributed by atoms with E-state index in [2.05, 4.69) is 22.7 Å². The van der Waals surface area contributed by atoms with Crippen molar-refractivity contribution in [2.24, 2.45) is 5.73 Å². The maximum atomic E-state index is 11.0. The van der Waals surface area contributed by atoms with Crippen molar-refractivity contribution >= 4 is 34.5 Å². The number of rotatable bonds is 3. The van der Waals surface area contributed by atoms with Gasteiger partial charge < -0.3 is 5.73 Å². The van der Waals surface area contributed by atoms with Crippen molar-refractivity contribution in [1.29, 1.82) is 5.26 Å². The highest BCUT2D eigenvalue weighted by Gasteiger charge is 2.08. The van der Waals surface area contributed by atoms with Crippen LogP contribution in [0.4, 0.5) is 0 Å². The average molecular weight is 321 g/mol. The van der Waals surface area contributed by atoms with Gasteiger partial charge in [-0.1, -0.05) is 6.07 Å². The lowest BCUT2D eigenvalue weighted by atomic mass is 10.1. The molecule has 0 atom stereocenters. The second kappa shape index (κ2) is 5.94. The van der Waals surface area contributed by atoms with E-state index in [4.69, 9.17) is 11.0 Å². The van der Waals surface area contributed by atoms with Crippen LogP contribution in [0, 0.1) is 11.3 Å². The quantitative estimate of drug-likeness (QED) is 0.570. The van der Waals surface area contributed by atoms with Crippen molar-refractivity contribution in [2.45, 2.75) is 0 Å². The van der Waals surface area contributed by atoms with Gasteiger partial charge in [0.25, 0.3) is 0 Å². The summed E-state index contributed by atoms with van der Waals surface area (Å²) in [6.07, 6.45) is 4.41. The number of pyridine rings is 1. The molecule has 0 aliphatic heterocycles. The molecule has 7 heteroatoms. The van der Waals surface area contributed by atoms with Crippen LogP contribution < -0.4 is 5.73 Å². The van der Waals surface area contributed by atoms with Gasteiger partial charge in [-0.3, -0.25) is 9.78 Å². The average Bonchev–Trinajstić information content (AvgIpc) is 2.97. The summed E-state index contributed by atoms with van der Waals surface area (Å²) in [6, 6.07) is 11.2. The van der Waals surface area contributed by atoms with Crippen LogP contribution in [0.1, 0.15) is 5.56 Å². The van der Waals surface area contributed by atoms with Gasteiger partial charge in [-0.05, 0) is 24.3 Å². The first-order valence-corrected chi connectivity index (χ1v) is 7.08. The topological polar surface area (TPSA) is 97.6 Å². The number of nitrogens with zero attached hydrogens (tertiary/aromatic N) is 4. The van der Waals surface area contributed by atoms with Crippen LogP contribution in [0.3, 0.4) is 0 Å². The van der Waals surface area contributed by atoms with Crippen molar-refractivity contribution in [2.75, 3.05) is 0 Å². The highest BCUT2D eigenvalue weighted by molar-refractivity contribution is 7.90. The third-order valence-electron chi connectivity index (χ3n) is 3.24. The molecule has 0 radical (unpaired) electrons. The molecule has 1 amide bonds. The van der Waals surface area contributed by atoms with E-state index in [0.29, 0.717) is 10.6 Å². The Labute approximate surface area is 137 Å². The zero-order chi connectivity index (χ0) is 16.4. The number of amides is 1. The molecule has 112 valence electrons. The SMILES string of the molecule is N#Cc1ccc(-c2ccc3c(cnn3/C(S)=C/C(N)=O)c2)nc1. The molecule has 3 aromatic rings. The van der Waals surface area contributed by atoms with Gasteiger partial charge in [-0.25, -0.2) is 4.68 Å². The molecule has 2 aromatic heterocycles. The Kier molecular flexibility index (Phi) is 3.83. The fourth-order valence-electron chi connectivity index (χ4n) is 2.19. The van der Waals surface area contributed by atoms with Gasteiger partial charge in [0, 0.05) is 23.2 Å². The monoisotopic (exact) mass is 321 g/mol. The van der Waals surface area contributed by atoms with Crippen LogP contribution in [-0.4, -0.2) is 20.7 Å². The highest BCUT2D eigenvalue weighted by Crippen LogP contribution is 2.25. The second-order valence-corrected chi connectivity index (χ2v) is 5.24. The number of primary amides is 1. The number of nitriles is 1. The van der Waals surface area contributed by atoms with Gasteiger partial charge in [0.1, 0.15) is 11.1 Å². The minimum absolute atomic E-state index is 0.344. The van der Waals surface area contributed by atoms with E-state index in [1.165, 1.54) is 17.0 Å². The first-order chi connectivity index (χ1) is 11.1. The van der Waals surface area contributed by atoms with E-state index in [9.17, 15) is 4.79 Å². The summed E-state index contributed by atoms with van der Waals surface area (Å²) in [6.45, 7) is 0. The lowest BCUT2D eigenvalue weighted by Crippen LogP contribution is -2.08. The smallest absolute Gasteiger partial charge is 0.244 e. The van der Waals surface area contributed by atoms with Gasteiger partial charge in [-0.2, -0.15) is 10.4 Å². The number of carbonyl (C=O) groups excluding carboxylic acids is 1. The van der Waals surface area contributed by atoms with E-state index in [1.54, 1.807) is 18.3 Å². The van der Waals surface area contributed by atoms with E-state index in [1.807, 2.05) is 24.3 Å². The highest BCUT2D eigenvalue weighted by atomic mass is 32.1. The predicted molar refractivity (Wildman–Crippen MR) is 90.1 cm³/mol. The van der Waals surface area contributed by atoms with Gasteiger partial charge in [0.2, 0.25) is 5.91 Å². The number of fused-ring (bicyclic) bond motifs is 1. The molecule has 23 heavy (non-hydrogen) atoms. The third kappa shape index (κ3) is 2.93. The molecule has 0 fully saturated rings. The predicted octanol–water partition coefficient (Wildman–Crippen LogP) is 2.18. The van der Waals surface area contributed by atoms with Crippen molar-refractivity contribution in [1.82, 2.24) is 14.8 Å². The molecule has 6 nitrogen and oxygen atoms in total. The Bertz CT molecular complexity index is 966. The van der Waals surface area contributed by atoms with E-state index < -0.39 is 5.91 Å². The summed E-state index contributed by atoms with van der Waals surface area (Å²) in [7, 11) is 0. The van der Waals surface area contributed by atoms with Crippen LogP contribution in [0.25, 0.3) is 27.2 Å². The molecule has 0 unspecified atom stereocenters. The number of hydrogen-bond acceptors (Lipinski definition) is 5. The number of benzene rings is 1. The van der Waals surface area contributed by atoms with Gasteiger partial charge in [-0.15, -0.1) is 12.6 Å². The third-order valence-corrected chi connectivity index (χ3v) is 3.56. The Morgan fingerprint density at radius 2 is 2.13 bits per heavy atom. The van der Waals surface area contributed by atoms with Crippen molar-refractivity contribution in [3.63, 3.8) is 0 Å². The van der Waals surface area contributed by atoms with E-state index in [-0.39, 0.29) is 0 Å². The van der Waals surface area contributed by atoms with Crippen molar-refractivity contribution in [3.8, 4) is 17.3 Å². The number of hydrogen-bond donors (Lipinski definition) is 2. The molecule has 0 bridgehead atoms. The Morgan fingerprint density at radius 3 is 2.78 bits per heavy atom. The maximum Gasteiger partial charge on any atom is 0.244 e. The zero-order valence-electron chi connectivity index (χ0n) is 11.8. The van der Waals surface area contributed by atoms with Gasteiger partial charge >= 0.3 is 0 Å². The number of nitrogens with two attached hydrogens (primary N) is 1. The first-order valence-electron chi connectivity index (χ1n) is 6.63. The summed E-state index contributed by atoms with van der Waals surface area (Å²) < 4.78 is 1.53. The minimum Gasteiger partial charge on any atom is -0.366 e. The Balaban J connectivity index is 2.04. The molecule has 0 spiro atoms. The molecule has 1 aromatic carbocycles. The summed E-state index contributed by atoms with van der Waals surface area (Å²) in [5.41, 5.74) is 8.11. The minimum atomic E-state index is -0.586. The van der Waals surface area contributed by atoms with Crippen LogP contribution in [-0.2, 0) is 4.79 Å². The molecule has 2 heterocycles. The summed E-state index contributed by atoms with van der Waals surface area (Å²) in [5, 5.41) is 14.2. The fraction of sp³-hybridized carbons (Fsp3) is 0. The summed E-state index contributed by atoms with van der Waals surface area (Å²) in [4.78, 5) is 15.2. The lowest BCUT2D eigenvalue weighted by molar-refractivity contribution is -0.113. The molecule has 3 rings (SSSR count). The normalized spacial score (nSPS) is 11.4. The molecule has 0 saturated heterocycles. The van der Waals surface area contributed by atoms with Gasteiger partial charge in [0.05, 0.1) is 23.0 Å². The maximum absolute atomic E-state index is 11.0. The van der Waals surface area contributed by atoms with E-state index in [0.717, 1.165) is 22.2 Å². The Hall–Kier alpha value is -3.11. The molecule has 2 N–H and O–H groups in total. The van der Waals surface area contributed by atoms with Crippen LogP contribution >= 0.6 is 12.6 Å². The molecular weight excluding hydrogens is 310 g/mol. The zero-order valence-corrected chi connectivity index (χ0v) is 12.7. The number of thiol groups is 1. The van der Waals surface area contributed by atoms with Crippen LogP contribution in [0.15, 0.2) is 48.8 Å². The number of aromatic nitrogens is 3. The molecular formula is C16H11N5OS. The van der Waals surface area contributed by atoms with Crippen LogP contribution in [0.5, 0.6) is 0 Å².